The first-order chi connectivity index (χ1) is 12.5. The van der Waals surface area contributed by atoms with Gasteiger partial charge in [-0.1, -0.05) is 30.3 Å². The van der Waals surface area contributed by atoms with Gasteiger partial charge < -0.3 is 20.3 Å². The van der Waals surface area contributed by atoms with Crippen molar-refractivity contribution in [1.82, 2.24) is 14.9 Å². The number of amides is 1. The fourth-order valence-corrected chi connectivity index (χ4v) is 3.34. The molecule has 1 aromatic carbocycles. The van der Waals surface area contributed by atoms with E-state index in [0.717, 1.165) is 24.8 Å². The maximum Gasteiger partial charge on any atom is 0.406 e. The van der Waals surface area contributed by atoms with E-state index in [4.69, 9.17) is 0 Å². The first kappa shape index (κ1) is 17.9. The summed E-state index contributed by atoms with van der Waals surface area (Å²) in [5, 5.41) is 14.2. The van der Waals surface area contributed by atoms with E-state index >= 15 is 0 Å². The Morgan fingerprint density at radius 1 is 1.31 bits per heavy atom. The lowest BCUT2D eigenvalue weighted by Crippen LogP contribution is -2.45. The predicted molar refractivity (Wildman–Crippen MR) is 98.0 cm³/mol. The number of anilines is 1. The number of nitro groups is 1. The first-order valence-corrected chi connectivity index (χ1v) is 8.78. The Kier molecular flexibility index (Phi) is 5.50. The van der Waals surface area contributed by atoms with Crippen LogP contribution < -0.4 is 10.2 Å². The zero-order chi connectivity index (χ0) is 18.5. The lowest BCUT2D eigenvalue weighted by Gasteiger charge is -2.33. The van der Waals surface area contributed by atoms with Crippen LogP contribution in [-0.2, 0) is 18.3 Å². The second-order valence-electron chi connectivity index (χ2n) is 6.57. The molecule has 1 aliphatic heterocycles. The predicted octanol–water partition coefficient (Wildman–Crippen LogP) is 2.05. The van der Waals surface area contributed by atoms with E-state index in [1.807, 2.05) is 35.2 Å². The first-order valence-electron chi connectivity index (χ1n) is 8.78. The van der Waals surface area contributed by atoms with Crippen LogP contribution in [0.4, 0.5) is 11.6 Å². The fraction of sp³-hybridized carbons (Fsp3) is 0.444. The summed E-state index contributed by atoms with van der Waals surface area (Å²) >= 11 is 0. The quantitative estimate of drug-likeness (QED) is 0.631. The zero-order valence-corrected chi connectivity index (χ0v) is 14.8. The van der Waals surface area contributed by atoms with Crippen LogP contribution in [-0.4, -0.2) is 39.5 Å². The summed E-state index contributed by atoms with van der Waals surface area (Å²) in [5.41, 5.74) is 1.15. The van der Waals surface area contributed by atoms with Gasteiger partial charge in [-0.15, -0.1) is 0 Å². The van der Waals surface area contributed by atoms with Crippen molar-refractivity contribution in [3.63, 3.8) is 0 Å². The number of nitrogens with zero attached hydrogens (tertiary/aromatic N) is 4. The van der Waals surface area contributed by atoms with Gasteiger partial charge in [-0.3, -0.25) is 9.36 Å². The molecular formula is C18H23N5O3. The van der Waals surface area contributed by atoms with Crippen LogP contribution in [0.15, 0.2) is 36.7 Å². The Morgan fingerprint density at radius 2 is 2.00 bits per heavy atom. The molecule has 1 amide bonds. The number of hydrogen-bond donors (Lipinski definition) is 1. The van der Waals surface area contributed by atoms with E-state index in [2.05, 4.69) is 10.3 Å². The molecule has 8 nitrogen and oxygen atoms in total. The van der Waals surface area contributed by atoms with Crippen molar-refractivity contribution < 1.29 is 9.72 Å². The summed E-state index contributed by atoms with van der Waals surface area (Å²) in [6, 6.07) is 10.1. The molecule has 0 bridgehead atoms. The average molecular weight is 357 g/mol. The fourth-order valence-electron chi connectivity index (χ4n) is 3.34. The lowest BCUT2D eigenvalue weighted by molar-refractivity contribution is -0.388. The maximum atomic E-state index is 12.2. The number of carbonyl (C=O) groups excluding carboxylic acids is 1. The molecule has 1 N–H and O–H groups in total. The number of imidazole rings is 1. The third-order valence-corrected chi connectivity index (χ3v) is 4.70. The molecule has 0 unspecified atom stereocenters. The van der Waals surface area contributed by atoms with Crippen LogP contribution in [0.5, 0.6) is 0 Å². The molecule has 2 heterocycles. The molecule has 1 aliphatic rings. The van der Waals surface area contributed by atoms with Gasteiger partial charge in [0.1, 0.15) is 0 Å². The normalized spacial score (nSPS) is 15.0. The molecule has 8 heteroatoms. The van der Waals surface area contributed by atoms with Crippen LogP contribution in [0, 0.1) is 10.1 Å². The van der Waals surface area contributed by atoms with Crippen molar-refractivity contribution in [3.8, 4) is 0 Å². The molecule has 1 saturated heterocycles. The maximum absolute atomic E-state index is 12.2. The van der Waals surface area contributed by atoms with E-state index in [1.54, 1.807) is 11.6 Å². The molecule has 0 spiro atoms. The van der Waals surface area contributed by atoms with Gasteiger partial charge >= 0.3 is 5.82 Å². The van der Waals surface area contributed by atoms with Crippen LogP contribution >= 0.6 is 0 Å². The molecule has 1 aromatic heterocycles. The minimum absolute atomic E-state index is 0.0545. The SMILES string of the molecule is Cn1cnc([N+](=O)[O-])c1N1CCC(NC(=O)CCc2ccccc2)CC1. The molecule has 138 valence electrons. The summed E-state index contributed by atoms with van der Waals surface area (Å²) in [6.45, 7) is 1.31. The third kappa shape index (κ3) is 4.19. The lowest BCUT2D eigenvalue weighted by atomic mass is 10.0. The second-order valence-corrected chi connectivity index (χ2v) is 6.57. The Bertz CT molecular complexity index is 766. The number of carbonyl (C=O) groups is 1. The number of nitrogens with one attached hydrogen (secondary N) is 1. The summed E-state index contributed by atoms with van der Waals surface area (Å²) in [6.07, 6.45) is 4.19. The van der Waals surface area contributed by atoms with Crippen molar-refractivity contribution >= 4 is 17.5 Å². The van der Waals surface area contributed by atoms with Crippen molar-refractivity contribution in [1.29, 1.82) is 0 Å². The van der Waals surface area contributed by atoms with Gasteiger partial charge in [-0.25, -0.2) is 0 Å². The number of aryl methyl sites for hydroxylation is 2. The topological polar surface area (TPSA) is 93.3 Å². The van der Waals surface area contributed by atoms with E-state index in [1.165, 1.54) is 6.33 Å². The van der Waals surface area contributed by atoms with Gasteiger partial charge in [0.2, 0.25) is 18.1 Å². The standard InChI is InChI=1S/C18H23N5O3/c1-21-13-19-17(23(25)26)18(21)22-11-9-15(10-12-22)20-16(24)8-7-14-5-3-2-4-6-14/h2-6,13,15H,7-12H2,1H3,(H,20,24). The van der Waals surface area contributed by atoms with Gasteiger partial charge in [0.25, 0.3) is 0 Å². The third-order valence-electron chi connectivity index (χ3n) is 4.70. The largest absolute Gasteiger partial charge is 0.406 e. The monoisotopic (exact) mass is 357 g/mol. The van der Waals surface area contributed by atoms with Crippen LogP contribution in [0.3, 0.4) is 0 Å². The van der Waals surface area contributed by atoms with Crippen LogP contribution in [0.25, 0.3) is 0 Å². The van der Waals surface area contributed by atoms with E-state index in [9.17, 15) is 14.9 Å². The Labute approximate surface area is 152 Å². The number of piperidine rings is 1. The van der Waals surface area contributed by atoms with Crippen molar-refractivity contribution in [3.05, 3.63) is 52.3 Å². The van der Waals surface area contributed by atoms with Gasteiger partial charge in [-0.05, 0) is 34.7 Å². The zero-order valence-electron chi connectivity index (χ0n) is 14.8. The second kappa shape index (κ2) is 7.99. The highest BCUT2D eigenvalue weighted by Gasteiger charge is 2.29. The van der Waals surface area contributed by atoms with Gasteiger partial charge in [0, 0.05) is 32.6 Å². The van der Waals surface area contributed by atoms with Gasteiger partial charge in [0.15, 0.2) is 0 Å². The summed E-state index contributed by atoms with van der Waals surface area (Å²) in [7, 11) is 1.76. The Balaban J connectivity index is 1.49. The number of benzene rings is 1. The highest BCUT2D eigenvalue weighted by atomic mass is 16.6. The Morgan fingerprint density at radius 3 is 2.65 bits per heavy atom. The molecule has 0 saturated carbocycles. The minimum atomic E-state index is -0.452. The van der Waals surface area contributed by atoms with Crippen LogP contribution in [0.1, 0.15) is 24.8 Å². The van der Waals surface area contributed by atoms with Crippen molar-refractivity contribution in [2.45, 2.75) is 31.7 Å². The average Bonchev–Trinajstić information content (AvgIpc) is 3.03. The van der Waals surface area contributed by atoms with Gasteiger partial charge in [0.05, 0.1) is 0 Å². The van der Waals surface area contributed by atoms with E-state index in [-0.39, 0.29) is 17.8 Å². The summed E-state index contributed by atoms with van der Waals surface area (Å²) in [4.78, 5) is 28.7. The van der Waals surface area contributed by atoms with Crippen LogP contribution in [0.2, 0.25) is 0 Å². The number of aromatic nitrogens is 2. The minimum Gasteiger partial charge on any atom is -0.358 e. The number of hydrogen-bond acceptors (Lipinski definition) is 5. The van der Waals surface area contributed by atoms with E-state index in [0.29, 0.717) is 25.3 Å². The molecule has 0 atom stereocenters. The van der Waals surface area contributed by atoms with Crippen molar-refractivity contribution in [2.75, 3.05) is 18.0 Å². The highest BCUT2D eigenvalue weighted by Crippen LogP contribution is 2.28. The molecule has 26 heavy (non-hydrogen) atoms. The summed E-state index contributed by atoms with van der Waals surface area (Å²) in [5.74, 6) is 0.473. The molecule has 1 fully saturated rings. The highest BCUT2D eigenvalue weighted by molar-refractivity contribution is 5.76. The molecule has 2 aromatic rings. The summed E-state index contributed by atoms with van der Waals surface area (Å²) < 4.78 is 1.68. The van der Waals surface area contributed by atoms with Gasteiger partial charge in [-0.2, -0.15) is 0 Å². The number of rotatable bonds is 6. The van der Waals surface area contributed by atoms with Crippen molar-refractivity contribution in [2.24, 2.45) is 7.05 Å². The Hall–Kier alpha value is -2.90. The van der Waals surface area contributed by atoms with E-state index < -0.39 is 4.92 Å². The molecule has 0 aliphatic carbocycles. The smallest absolute Gasteiger partial charge is 0.358 e. The molecule has 0 radical (unpaired) electrons. The molecule has 3 rings (SSSR count). The molecular weight excluding hydrogens is 334 g/mol.